The van der Waals surface area contributed by atoms with Gasteiger partial charge in [-0.3, -0.25) is 4.68 Å². The number of pyridine rings is 1. The zero-order chi connectivity index (χ0) is 19.1. The maximum Gasteiger partial charge on any atom is 0.225 e. The number of hydrogen-bond donors (Lipinski definition) is 2. The third kappa shape index (κ3) is 4.46. The molecule has 0 saturated carbocycles. The van der Waals surface area contributed by atoms with Gasteiger partial charge in [-0.2, -0.15) is 10.1 Å². The van der Waals surface area contributed by atoms with Gasteiger partial charge in [0.2, 0.25) is 5.28 Å². The highest BCUT2D eigenvalue weighted by molar-refractivity contribution is 6.28. The monoisotopic (exact) mass is 378 g/mol. The Morgan fingerprint density at radius 3 is 2.73 bits per heavy atom. The molecule has 3 aromatic heterocycles. The molecule has 9 heteroatoms. The Kier molecular flexibility index (Phi) is 7.26. The van der Waals surface area contributed by atoms with Crippen LogP contribution in [0, 0.1) is 6.92 Å². The Labute approximate surface area is 157 Å². The van der Waals surface area contributed by atoms with Crippen LogP contribution in [0.25, 0.3) is 11.0 Å². The van der Waals surface area contributed by atoms with Crippen molar-refractivity contribution in [1.29, 1.82) is 0 Å². The van der Waals surface area contributed by atoms with E-state index in [2.05, 4.69) is 25.4 Å². The van der Waals surface area contributed by atoms with E-state index < -0.39 is 0 Å². The standard InChI is InChI=1S/C15H17ClN6O2.C2H6/c1-9-3-4-17-11(7-9)18-14-13-12(19-15(16)20-14)10(8-23)21-22(13)5-6-24-2;1-2/h3-4,7,23H,5-6,8H2,1-2H3,(H,17,18,19,20);1-2H3. The van der Waals surface area contributed by atoms with E-state index in [0.717, 1.165) is 5.56 Å². The van der Waals surface area contributed by atoms with Gasteiger partial charge in [0.05, 0.1) is 19.8 Å². The van der Waals surface area contributed by atoms with E-state index in [-0.39, 0.29) is 11.9 Å². The molecular weight excluding hydrogens is 356 g/mol. The number of ether oxygens (including phenoxy) is 1. The highest BCUT2D eigenvalue weighted by atomic mass is 35.5. The van der Waals surface area contributed by atoms with Crippen molar-refractivity contribution in [2.24, 2.45) is 0 Å². The van der Waals surface area contributed by atoms with Crippen molar-refractivity contribution in [2.75, 3.05) is 19.0 Å². The normalized spacial score (nSPS) is 10.5. The Bertz CT molecular complexity index is 868. The third-order valence-electron chi connectivity index (χ3n) is 3.45. The van der Waals surface area contributed by atoms with E-state index in [0.29, 0.717) is 41.5 Å². The van der Waals surface area contributed by atoms with Crippen molar-refractivity contribution in [3.05, 3.63) is 34.9 Å². The third-order valence-corrected chi connectivity index (χ3v) is 3.62. The number of halogens is 1. The molecule has 3 rings (SSSR count). The zero-order valence-corrected chi connectivity index (χ0v) is 16.1. The zero-order valence-electron chi connectivity index (χ0n) is 15.3. The number of methoxy groups -OCH3 is 1. The van der Waals surface area contributed by atoms with Crippen molar-refractivity contribution in [3.8, 4) is 0 Å². The van der Waals surface area contributed by atoms with Gasteiger partial charge in [-0.1, -0.05) is 13.8 Å². The number of nitrogens with one attached hydrogen (secondary N) is 1. The van der Waals surface area contributed by atoms with Crippen LogP contribution in [0.15, 0.2) is 18.3 Å². The number of anilines is 2. The van der Waals surface area contributed by atoms with Gasteiger partial charge < -0.3 is 15.2 Å². The first kappa shape index (κ1) is 20.0. The van der Waals surface area contributed by atoms with Gasteiger partial charge in [0.25, 0.3) is 0 Å². The van der Waals surface area contributed by atoms with Crippen molar-refractivity contribution in [3.63, 3.8) is 0 Å². The minimum atomic E-state index is -0.244. The number of hydrogen-bond acceptors (Lipinski definition) is 7. The van der Waals surface area contributed by atoms with E-state index in [4.69, 9.17) is 16.3 Å². The second-order valence-electron chi connectivity index (χ2n) is 5.20. The number of rotatable bonds is 6. The molecule has 0 radical (unpaired) electrons. The van der Waals surface area contributed by atoms with Crippen molar-refractivity contribution < 1.29 is 9.84 Å². The van der Waals surface area contributed by atoms with Gasteiger partial charge in [-0.05, 0) is 36.2 Å². The van der Waals surface area contributed by atoms with E-state index >= 15 is 0 Å². The lowest BCUT2D eigenvalue weighted by molar-refractivity contribution is 0.184. The second kappa shape index (κ2) is 9.42. The smallest absolute Gasteiger partial charge is 0.225 e. The molecule has 0 aliphatic rings. The van der Waals surface area contributed by atoms with Crippen LogP contribution in [-0.2, 0) is 17.9 Å². The molecule has 26 heavy (non-hydrogen) atoms. The maximum atomic E-state index is 9.54. The van der Waals surface area contributed by atoms with E-state index in [1.807, 2.05) is 32.9 Å². The fourth-order valence-electron chi connectivity index (χ4n) is 2.38. The molecule has 0 saturated heterocycles. The molecular formula is C17H23ClN6O2. The fourth-order valence-corrected chi connectivity index (χ4v) is 2.54. The van der Waals surface area contributed by atoms with Crippen LogP contribution >= 0.6 is 11.6 Å². The summed E-state index contributed by atoms with van der Waals surface area (Å²) >= 11 is 6.04. The predicted molar refractivity (Wildman–Crippen MR) is 102 cm³/mol. The minimum Gasteiger partial charge on any atom is -0.390 e. The Morgan fingerprint density at radius 2 is 2.08 bits per heavy atom. The van der Waals surface area contributed by atoms with E-state index in [1.165, 1.54) is 0 Å². The number of aryl methyl sites for hydroxylation is 1. The molecule has 0 amide bonds. The summed E-state index contributed by atoms with van der Waals surface area (Å²) in [6, 6.07) is 3.80. The lowest BCUT2D eigenvalue weighted by Gasteiger charge is -2.09. The van der Waals surface area contributed by atoms with Crippen LogP contribution in [-0.4, -0.2) is 43.6 Å². The predicted octanol–water partition coefficient (Wildman–Crippen LogP) is 3.09. The second-order valence-corrected chi connectivity index (χ2v) is 5.54. The average Bonchev–Trinajstić information content (AvgIpc) is 2.99. The highest BCUT2D eigenvalue weighted by Crippen LogP contribution is 2.27. The van der Waals surface area contributed by atoms with Gasteiger partial charge in [0.1, 0.15) is 22.5 Å². The largest absolute Gasteiger partial charge is 0.390 e. The molecule has 2 N–H and O–H groups in total. The first-order chi connectivity index (χ1) is 12.6. The van der Waals surface area contributed by atoms with E-state index in [9.17, 15) is 5.11 Å². The molecule has 0 unspecified atom stereocenters. The minimum absolute atomic E-state index is 0.0682. The van der Waals surface area contributed by atoms with Crippen LogP contribution in [0.1, 0.15) is 25.1 Å². The lowest BCUT2D eigenvalue weighted by atomic mass is 10.3. The van der Waals surface area contributed by atoms with Gasteiger partial charge in [-0.15, -0.1) is 0 Å². The van der Waals surface area contributed by atoms with Crippen LogP contribution in [0.5, 0.6) is 0 Å². The molecule has 8 nitrogen and oxygen atoms in total. The van der Waals surface area contributed by atoms with Crippen molar-refractivity contribution in [2.45, 2.75) is 33.9 Å². The van der Waals surface area contributed by atoms with Gasteiger partial charge >= 0.3 is 0 Å². The molecule has 0 spiro atoms. The quantitative estimate of drug-likeness (QED) is 0.636. The summed E-state index contributed by atoms with van der Waals surface area (Å²) in [5.41, 5.74) is 2.64. The summed E-state index contributed by atoms with van der Waals surface area (Å²) in [5, 5.41) is 17.1. The van der Waals surface area contributed by atoms with Gasteiger partial charge in [0, 0.05) is 13.3 Å². The van der Waals surface area contributed by atoms with Crippen LogP contribution < -0.4 is 5.32 Å². The molecule has 0 bridgehead atoms. The molecule has 0 aliphatic carbocycles. The Balaban J connectivity index is 0.00000117. The molecule has 140 valence electrons. The lowest BCUT2D eigenvalue weighted by Crippen LogP contribution is -2.08. The molecule has 0 aliphatic heterocycles. The molecule has 0 atom stereocenters. The SMILES string of the molecule is CC.COCCn1nc(CO)c2nc(Cl)nc(Nc3cc(C)ccn3)c21. The number of aliphatic hydroxyl groups excluding tert-OH is 1. The molecule has 3 heterocycles. The topological polar surface area (TPSA) is 98.0 Å². The van der Waals surface area contributed by atoms with Crippen LogP contribution in [0.3, 0.4) is 0 Å². The summed E-state index contributed by atoms with van der Waals surface area (Å²) in [6.45, 7) is 6.69. The summed E-state index contributed by atoms with van der Waals surface area (Å²) in [4.78, 5) is 12.7. The summed E-state index contributed by atoms with van der Waals surface area (Å²) in [5.74, 6) is 1.11. The first-order valence-electron chi connectivity index (χ1n) is 8.34. The highest BCUT2D eigenvalue weighted by Gasteiger charge is 2.18. The number of fused-ring (bicyclic) bond motifs is 1. The van der Waals surface area contributed by atoms with Crippen molar-refractivity contribution >= 4 is 34.3 Å². The fraction of sp³-hybridized carbons (Fsp3) is 0.412. The van der Waals surface area contributed by atoms with Crippen LogP contribution in [0.2, 0.25) is 5.28 Å². The number of aromatic nitrogens is 5. The summed E-state index contributed by atoms with van der Waals surface area (Å²) in [7, 11) is 1.61. The molecule has 0 fully saturated rings. The van der Waals surface area contributed by atoms with Gasteiger partial charge in [0.15, 0.2) is 5.82 Å². The summed E-state index contributed by atoms with van der Waals surface area (Å²) < 4.78 is 6.81. The Hall–Kier alpha value is -2.29. The number of nitrogens with zero attached hydrogens (tertiary/aromatic N) is 5. The average molecular weight is 379 g/mol. The Morgan fingerprint density at radius 1 is 1.31 bits per heavy atom. The maximum absolute atomic E-state index is 9.54. The summed E-state index contributed by atoms with van der Waals surface area (Å²) in [6.07, 6.45) is 1.71. The molecule has 0 aromatic carbocycles. The van der Waals surface area contributed by atoms with E-state index in [1.54, 1.807) is 18.0 Å². The van der Waals surface area contributed by atoms with Gasteiger partial charge in [-0.25, -0.2) is 9.97 Å². The van der Waals surface area contributed by atoms with Crippen molar-refractivity contribution in [1.82, 2.24) is 24.7 Å². The number of aliphatic hydroxyl groups is 1. The van der Waals surface area contributed by atoms with Crippen LogP contribution in [0.4, 0.5) is 11.6 Å². The first-order valence-corrected chi connectivity index (χ1v) is 8.72. The molecule has 3 aromatic rings.